The molecule has 5 nitrogen and oxygen atoms in total. The minimum absolute atomic E-state index is 0.173. The number of anilines is 1. The van der Waals surface area contributed by atoms with Gasteiger partial charge >= 0.3 is 0 Å². The van der Waals surface area contributed by atoms with Gasteiger partial charge in [0.2, 0.25) is 0 Å². The lowest BCUT2D eigenvalue weighted by Gasteiger charge is -2.50. The first kappa shape index (κ1) is 24.3. The number of amides is 3. The lowest BCUT2D eigenvalue weighted by atomic mass is 9.85. The molecule has 2 heterocycles. The van der Waals surface area contributed by atoms with E-state index in [0.29, 0.717) is 21.8 Å². The molecule has 0 N–H and O–H groups in total. The Hall–Kier alpha value is -2.35. The van der Waals surface area contributed by atoms with Crippen LogP contribution in [0.25, 0.3) is 0 Å². The molecule has 2 aliphatic heterocycles. The molecule has 0 aliphatic carbocycles. The van der Waals surface area contributed by atoms with Crippen molar-refractivity contribution in [1.82, 2.24) is 4.90 Å². The van der Waals surface area contributed by atoms with Crippen LogP contribution in [-0.4, -0.2) is 28.7 Å². The second kappa shape index (κ2) is 8.64. The van der Waals surface area contributed by atoms with Crippen molar-refractivity contribution in [2.75, 3.05) is 4.90 Å². The van der Waals surface area contributed by atoms with Gasteiger partial charge in [-0.3, -0.25) is 19.3 Å². The fourth-order valence-electron chi connectivity index (χ4n) is 4.49. The molecule has 0 spiro atoms. The van der Waals surface area contributed by atoms with Crippen LogP contribution in [0.5, 0.6) is 0 Å². The first-order valence-electron chi connectivity index (χ1n) is 10.1. The Morgan fingerprint density at radius 3 is 1.77 bits per heavy atom. The van der Waals surface area contributed by atoms with Crippen molar-refractivity contribution in [3.05, 3.63) is 95.6 Å². The number of benzene rings is 3. The third kappa shape index (κ3) is 3.54. The van der Waals surface area contributed by atoms with Gasteiger partial charge in [0.1, 0.15) is 11.9 Å². The van der Waals surface area contributed by atoms with E-state index in [4.69, 9.17) is 58.0 Å². The van der Waals surface area contributed by atoms with Crippen LogP contribution in [0.2, 0.25) is 25.1 Å². The number of halogens is 6. The summed E-state index contributed by atoms with van der Waals surface area (Å²) in [5.74, 6) is -2.65. The van der Waals surface area contributed by atoms with E-state index >= 15 is 0 Å². The van der Waals surface area contributed by atoms with E-state index in [1.54, 1.807) is 25.1 Å². The SMILES string of the molecule is Cc1cc(Cl)ccc1N1C(=O)C(N2C(=O)c3c(Cl)c(Cl)c(Cl)c(Cl)c3C2=O)C1c1ccc(F)cc1. The number of aryl methyl sites for hydroxylation is 1. The molecule has 11 heteroatoms. The predicted molar refractivity (Wildman–Crippen MR) is 134 cm³/mol. The molecule has 3 aromatic rings. The molecular weight excluding hydrogens is 561 g/mol. The largest absolute Gasteiger partial charge is 0.300 e. The van der Waals surface area contributed by atoms with E-state index in [9.17, 15) is 18.8 Å². The molecule has 0 aromatic heterocycles. The zero-order valence-corrected chi connectivity index (χ0v) is 21.4. The minimum Gasteiger partial charge on any atom is -0.300 e. The van der Waals surface area contributed by atoms with Gasteiger partial charge < -0.3 is 4.90 Å². The van der Waals surface area contributed by atoms with Gasteiger partial charge in [-0.15, -0.1) is 0 Å². The summed E-state index contributed by atoms with van der Waals surface area (Å²) < 4.78 is 13.7. The Kier molecular flexibility index (Phi) is 6.01. The quantitative estimate of drug-likeness (QED) is 0.145. The molecule has 3 aromatic carbocycles. The molecule has 0 radical (unpaired) electrons. The van der Waals surface area contributed by atoms with Crippen LogP contribution in [0.15, 0.2) is 42.5 Å². The summed E-state index contributed by atoms with van der Waals surface area (Å²) in [4.78, 5) is 42.6. The van der Waals surface area contributed by atoms with Crippen LogP contribution in [0, 0.1) is 12.7 Å². The van der Waals surface area contributed by atoms with E-state index in [1.807, 2.05) is 0 Å². The monoisotopic (exact) mass is 570 g/mol. The second-order valence-corrected chi connectivity index (χ2v) is 10.0. The summed E-state index contributed by atoms with van der Waals surface area (Å²) >= 11 is 30.8. The van der Waals surface area contributed by atoms with Crippen molar-refractivity contribution in [3.8, 4) is 0 Å². The van der Waals surface area contributed by atoms with E-state index in [0.717, 1.165) is 4.90 Å². The zero-order valence-electron chi connectivity index (χ0n) is 17.6. The topological polar surface area (TPSA) is 57.7 Å². The molecule has 0 bridgehead atoms. The van der Waals surface area contributed by atoms with Crippen molar-refractivity contribution < 1.29 is 18.8 Å². The van der Waals surface area contributed by atoms with Gasteiger partial charge in [0, 0.05) is 10.7 Å². The number of hydrogen-bond donors (Lipinski definition) is 0. The summed E-state index contributed by atoms with van der Waals surface area (Å²) in [6.45, 7) is 1.77. The molecular formula is C24H12Cl5FN2O3. The van der Waals surface area contributed by atoms with Crippen molar-refractivity contribution in [3.63, 3.8) is 0 Å². The highest BCUT2D eigenvalue weighted by molar-refractivity contribution is 6.55. The lowest BCUT2D eigenvalue weighted by Crippen LogP contribution is -2.67. The number of carbonyl (C=O) groups excluding carboxylic acids is 3. The average molecular weight is 573 g/mol. The van der Waals surface area contributed by atoms with Gasteiger partial charge in [0.05, 0.1) is 37.3 Å². The van der Waals surface area contributed by atoms with Crippen molar-refractivity contribution in [2.45, 2.75) is 19.0 Å². The normalized spacial score (nSPS) is 19.3. The van der Waals surface area contributed by atoms with E-state index in [-0.39, 0.29) is 31.2 Å². The summed E-state index contributed by atoms with van der Waals surface area (Å²) in [5.41, 5.74) is 1.30. The maximum atomic E-state index is 13.7. The number of hydrogen-bond acceptors (Lipinski definition) is 3. The predicted octanol–water partition coefficient (Wildman–Crippen LogP) is 7.15. The highest BCUT2D eigenvalue weighted by Gasteiger charge is 2.58. The molecule has 1 fully saturated rings. The number of nitrogens with zero attached hydrogens (tertiary/aromatic N) is 2. The van der Waals surface area contributed by atoms with Crippen molar-refractivity contribution >= 4 is 81.4 Å². The van der Waals surface area contributed by atoms with Crippen molar-refractivity contribution in [2.24, 2.45) is 0 Å². The average Bonchev–Trinajstić information content (AvgIpc) is 3.07. The molecule has 3 amide bonds. The number of carbonyl (C=O) groups is 3. The van der Waals surface area contributed by atoms with Crippen LogP contribution in [0.1, 0.15) is 37.9 Å². The first-order chi connectivity index (χ1) is 16.5. The Morgan fingerprint density at radius 2 is 1.26 bits per heavy atom. The molecule has 2 atom stereocenters. The molecule has 178 valence electrons. The fourth-order valence-corrected chi connectivity index (χ4v) is 5.73. The molecule has 35 heavy (non-hydrogen) atoms. The second-order valence-electron chi connectivity index (χ2n) is 8.07. The summed E-state index contributed by atoms with van der Waals surface area (Å²) in [6, 6.07) is 8.37. The Balaban J connectivity index is 1.65. The van der Waals surface area contributed by atoms with Crippen LogP contribution in [0.3, 0.4) is 0 Å². The van der Waals surface area contributed by atoms with Crippen LogP contribution < -0.4 is 4.90 Å². The van der Waals surface area contributed by atoms with E-state index in [1.165, 1.54) is 29.2 Å². The van der Waals surface area contributed by atoms with Gasteiger partial charge in [0.25, 0.3) is 17.7 Å². The zero-order chi connectivity index (χ0) is 25.3. The number of fused-ring (bicyclic) bond motifs is 1. The molecule has 1 saturated heterocycles. The Labute approximate surface area is 223 Å². The standard InChI is InChI=1S/C24H12Cl5FN2O3/c1-9-8-11(25)4-7-13(9)31-20(10-2-5-12(30)6-3-10)21(24(31)35)32-22(33)14-15(23(32)34)17(27)19(29)18(28)16(14)26/h2-8,20-21H,1H3. The maximum Gasteiger partial charge on any atom is 0.264 e. The first-order valence-corrected chi connectivity index (χ1v) is 12.0. The summed E-state index contributed by atoms with van der Waals surface area (Å²) in [5, 5.41) is -0.325. The smallest absolute Gasteiger partial charge is 0.264 e. The van der Waals surface area contributed by atoms with Gasteiger partial charge in [-0.05, 0) is 48.4 Å². The van der Waals surface area contributed by atoms with Gasteiger partial charge in [-0.1, -0.05) is 70.1 Å². The lowest BCUT2D eigenvalue weighted by molar-refractivity contribution is -0.130. The summed E-state index contributed by atoms with van der Waals surface area (Å²) in [6.07, 6.45) is 0. The van der Waals surface area contributed by atoms with Crippen LogP contribution in [0.4, 0.5) is 10.1 Å². The fraction of sp³-hybridized carbons (Fsp3) is 0.125. The summed E-state index contributed by atoms with van der Waals surface area (Å²) in [7, 11) is 0. The Bertz CT molecular complexity index is 1410. The number of imide groups is 1. The van der Waals surface area contributed by atoms with Gasteiger partial charge in [-0.25, -0.2) is 4.39 Å². The molecule has 5 rings (SSSR count). The molecule has 2 aliphatic rings. The van der Waals surface area contributed by atoms with Crippen molar-refractivity contribution in [1.29, 1.82) is 0 Å². The number of rotatable bonds is 3. The minimum atomic E-state index is -1.24. The van der Waals surface area contributed by atoms with E-state index in [2.05, 4.69) is 0 Å². The highest BCUT2D eigenvalue weighted by Crippen LogP contribution is 2.49. The maximum absolute atomic E-state index is 13.7. The molecule has 2 unspecified atom stereocenters. The van der Waals surface area contributed by atoms with Gasteiger partial charge in [-0.2, -0.15) is 0 Å². The van der Waals surface area contributed by atoms with Gasteiger partial charge in [0.15, 0.2) is 0 Å². The third-order valence-electron chi connectivity index (χ3n) is 6.11. The highest BCUT2D eigenvalue weighted by atomic mass is 35.5. The van der Waals surface area contributed by atoms with E-state index < -0.39 is 35.6 Å². The van der Waals surface area contributed by atoms with Crippen LogP contribution >= 0.6 is 58.0 Å². The molecule has 0 saturated carbocycles. The third-order valence-corrected chi connectivity index (χ3v) is 8.15. The number of β-lactam (4-membered cyclic amide) rings is 1. The van der Waals surface area contributed by atoms with Crippen LogP contribution in [-0.2, 0) is 4.79 Å². The Morgan fingerprint density at radius 1 is 0.714 bits per heavy atom.